The molecule has 5 heteroatoms. The number of aryl methyl sites for hydroxylation is 1. The van der Waals surface area contributed by atoms with E-state index in [1.165, 1.54) is 19.2 Å². The van der Waals surface area contributed by atoms with E-state index in [-0.39, 0.29) is 11.3 Å². The lowest BCUT2D eigenvalue weighted by Gasteiger charge is -2.10. The Kier molecular flexibility index (Phi) is 4.10. The zero-order valence-corrected chi connectivity index (χ0v) is 11.7. The Labute approximate surface area is 122 Å². The molecule has 0 atom stereocenters. The number of phenolic OH excluding ortho intramolecular Hbond substituents is 1. The smallest absolute Gasteiger partial charge is 0.259 e. The summed E-state index contributed by atoms with van der Waals surface area (Å²) in [7, 11) is 1.48. The van der Waals surface area contributed by atoms with Crippen molar-refractivity contribution in [3.63, 3.8) is 0 Å². The minimum absolute atomic E-state index is 0.137. The number of hydrogen-bond acceptors (Lipinski definition) is 4. The van der Waals surface area contributed by atoms with Gasteiger partial charge in [0.1, 0.15) is 11.5 Å². The normalized spacial score (nSPS) is 9.76. The van der Waals surface area contributed by atoms with E-state index in [2.05, 4.69) is 5.32 Å². The van der Waals surface area contributed by atoms with E-state index in [1.807, 2.05) is 13.0 Å². The second-order valence-corrected chi connectivity index (χ2v) is 4.48. The van der Waals surface area contributed by atoms with E-state index in [0.29, 0.717) is 17.0 Å². The molecule has 2 N–H and O–H groups in total. The number of amides is 1. The highest BCUT2D eigenvalue weighted by Gasteiger charge is 2.13. The Morgan fingerprint density at radius 2 is 2.05 bits per heavy atom. The highest BCUT2D eigenvalue weighted by Crippen LogP contribution is 2.25. The van der Waals surface area contributed by atoms with Crippen molar-refractivity contribution in [2.24, 2.45) is 0 Å². The third kappa shape index (κ3) is 3.12. The van der Waals surface area contributed by atoms with Crippen LogP contribution >= 0.6 is 0 Å². The maximum atomic E-state index is 12.2. The molecule has 0 radical (unpaired) electrons. The van der Waals surface area contributed by atoms with Crippen molar-refractivity contribution in [1.29, 1.82) is 5.26 Å². The molecule has 0 saturated carbocycles. The minimum atomic E-state index is -0.451. The van der Waals surface area contributed by atoms with Gasteiger partial charge in [0.2, 0.25) is 0 Å². The molecule has 0 heterocycles. The molecule has 2 aromatic rings. The highest BCUT2D eigenvalue weighted by molar-refractivity contribution is 6.06. The van der Waals surface area contributed by atoms with Crippen molar-refractivity contribution in [3.05, 3.63) is 53.1 Å². The van der Waals surface area contributed by atoms with Crippen molar-refractivity contribution in [2.75, 3.05) is 12.4 Å². The standard InChI is InChI=1S/C16H14N2O3/c1-10-3-4-11(9-17)7-14(10)18-16(20)13-6-5-12(21-2)8-15(13)19/h3-8,19H,1-2H3,(H,18,20). The van der Waals surface area contributed by atoms with Crippen LogP contribution in [-0.2, 0) is 0 Å². The van der Waals surface area contributed by atoms with Crippen LogP contribution < -0.4 is 10.1 Å². The van der Waals surface area contributed by atoms with Crippen molar-refractivity contribution >= 4 is 11.6 Å². The minimum Gasteiger partial charge on any atom is -0.507 e. The first kappa shape index (κ1) is 14.4. The summed E-state index contributed by atoms with van der Waals surface area (Å²) < 4.78 is 4.97. The van der Waals surface area contributed by atoms with Gasteiger partial charge in [0.15, 0.2) is 0 Å². The number of phenols is 1. The molecule has 2 rings (SSSR count). The Balaban J connectivity index is 2.28. The van der Waals surface area contributed by atoms with E-state index < -0.39 is 5.91 Å². The highest BCUT2D eigenvalue weighted by atomic mass is 16.5. The van der Waals surface area contributed by atoms with Crippen LogP contribution in [0.5, 0.6) is 11.5 Å². The lowest BCUT2D eigenvalue weighted by atomic mass is 10.1. The molecule has 5 nitrogen and oxygen atoms in total. The maximum Gasteiger partial charge on any atom is 0.259 e. The number of benzene rings is 2. The molecule has 0 aliphatic carbocycles. The molecule has 1 amide bonds. The van der Waals surface area contributed by atoms with E-state index in [4.69, 9.17) is 10.00 Å². The molecule has 21 heavy (non-hydrogen) atoms. The van der Waals surface area contributed by atoms with Crippen LogP contribution in [0.2, 0.25) is 0 Å². The lowest BCUT2D eigenvalue weighted by Crippen LogP contribution is -2.13. The topological polar surface area (TPSA) is 82.3 Å². The molecule has 0 aliphatic rings. The molecule has 0 saturated heterocycles. The fraction of sp³-hybridized carbons (Fsp3) is 0.125. The third-order valence-electron chi connectivity index (χ3n) is 3.06. The van der Waals surface area contributed by atoms with Crippen LogP contribution in [0.4, 0.5) is 5.69 Å². The second-order valence-electron chi connectivity index (χ2n) is 4.48. The van der Waals surface area contributed by atoms with E-state index in [1.54, 1.807) is 24.3 Å². The predicted octanol–water partition coefficient (Wildman–Crippen LogP) is 2.83. The van der Waals surface area contributed by atoms with Gasteiger partial charge in [-0.2, -0.15) is 5.26 Å². The molecule has 0 aliphatic heterocycles. The van der Waals surface area contributed by atoms with Crippen LogP contribution in [0.15, 0.2) is 36.4 Å². The van der Waals surface area contributed by atoms with Gasteiger partial charge in [0.25, 0.3) is 5.91 Å². The number of carbonyl (C=O) groups is 1. The zero-order chi connectivity index (χ0) is 15.4. The first-order valence-corrected chi connectivity index (χ1v) is 6.24. The van der Waals surface area contributed by atoms with Crippen molar-refractivity contribution in [3.8, 4) is 17.6 Å². The summed E-state index contributed by atoms with van der Waals surface area (Å²) in [6.45, 7) is 1.82. The van der Waals surface area contributed by atoms with Crippen LogP contribution in [0.1, 0.15) is 21.5 Å². The number of methoxy groups -OCH3 is 1. The van der Waals surface area contributed by atoms with Gasteiger partial charge in [-0.1, -0.05) is 6.07 Å². The fourth-order valence-electron chi connectivity index (χ4n) is 1.85. The molecule has 2 aromatic carbocycles. The van der Waals surface area contributed by atoms with Gasteiger partial charge in [0, 0.05) is 11.8 Å². The van der Waals surface area contributed by atoms with Crippen molar-refractivity contribution in [1.82, 2.24) is 0 Å². The van der Waals surface area contributed by atoms with Crippen molar-refractivity contribution < 1.29 is 14.6 Å². The summed E-state index contributed by atoms with van der Waals surface area (Å²) in [6, 6.07) is 11.5. The number of nitrogens with one attached hydrogen (secondary N) is 1. The molecule has 0 bridgehead atoms. The number of anilines is 1. The molecular formula is C16H14N2O3. The van der Waals surface area contributed by atoms with Crippen molar-refractivity contribution in [2.45, 2.75) is 6.92 Å². The summed E-state index contributed by atoms with van der Waals surface area (Å²) in [5.41, 5.74) is 1.96. The Hall–Kier alpha value is -3.00. The number of nitriles is 1. The van der Waals surface area contributed by atoms with Crippen LogP contribution in [0.3, 0.4) is 0 Å². The van der Waals surface area contributed by atoms with Crippen LogP contribution in [0.25, 0.3) is 0 Å². The van der Waals surface area contributed by atoms with Gasteiger partial charge in [0.05, 0.1) is 24.3 Å². The molecule has 0 fully saturated rings. The maximum absolute atomic E-state index is 12.2. The molecular weight excluding hydrogens is 268 g/mol. The Bertz CT molecular complexity index is 733. The number of nitrogens with zero attached hydrogens (tertiary/aromatic N) is 1. The fourth-order valence-corrected chi connectivity index (χ4v) is 1.85. The average molecular weight is 282 g/mol. The summed E-state index contributed by atoms with van der Waals surface area (Å²) in [5, 5.41) is 21.4. The van der Waals surface area contributed by atoms with Gasteiger partial charge >= 0.3 is 0 Å². The van der Waals surface area contributed by atoms with Gasteiger partial charge in [-0.3, -0.25) is 4.79 Å². The summed E-state index contributed by atoms with van der Waals surface area (Å²) in [4.78, 5) is 12.2. The quantitative estimate of drug-likeness (QED) is 0.906. The Morgan fingerprint density at radius 1 is 1.29 bits per heavy atom. The third-order valence-corrected chi connectivity index (χ3v) is 3.06. The number of hydrogen-bond donors (Lipinski definition) is 2. The monoisotopic (exact) mass is 282 g/mol. The number of ether oxygens (including phenoxy) is 1. The van der Waals surface area contributed by atoms with Gasteiger partial charge in [-0.15, -0.1) is 0 Å². The molecule has 0 spiro atoms. The van der Waals surface area contributed by atoms with Gasteiger partial charge in [-0.05, 0) is 36.8 Å². The second kappa shape index (κ2) is 5.97. The number of aromatic hydroxyl groups is 1. The van der Waals surface area contributed by atoms with Gasteiger partial charge in [-0.25, -0.2) is 0 Å². The largest absolute Gasteiger partial charge is 0.507 e. The number of carbonyl (C=O) groups excluding carboxylic acids is 1. The van der Waals surface area contributed by atoms with E-state index in [9.17, 15) is 9.90 Å². The average Bonchev–Trinajstić information content (AvgIpc) is 2.49. The first-order valence-electron chi connectivity index (χ1n) is 6.24. The lowest BCUT2D eigenvalue weighted by molar-refractivity contribution is 0.102. The molecule has 106 valence electrons. The Morgan fingerprint density at radius 3 is 2.67 bits per heavy atom. The van der Waals surface area contributed by atoms with Crippen LogP contribution in [0, 0.1) is 18.3 Å². The summed E-state index contributed by atoms with van der Waals surface area (Å²) in [5.74, 6) is -0.152. The number of rotatable bonds is 3. The SMILES string of the molecule is COc1ccc(C(=O)Nc2cc(C#N)ccc2C)c(O)c1. The van der Waals surface area contributed by atoms with E-state index >= 15 is 0 Å². The zero-order valence-electron chi connectivity index (χ0n) is 11.7. The summed E-state index contributed by atoms with van der Waals surface area (Å²) in [6.07, 6.45) is 0. The van der Waals surface area contributed by atoms with Crippen LogP contribution in [-0.4, -0.2) is 18.1 Å². The van der Waals surface area contributed by atoms with Gasteiger partial charge < -0.3 is 15.2 Å². The first-order chi connectivity index (χ1) is 10.0. The predicted molar refractivity (Wildman–Crippen MR) is 78.5 cm³/mol. The van der Waals surface area contributed by atoms with E-state index in [0.717, 1.165) is 5.56 Å². The molecule has 0 unspecified atom stereocenters. The molecule has 0 aromatic heterocycles. The summed E-state index contributed by atoms with van der Waals surface area (Å²) >= 11 is 0.